The van der Waals surface area contributed by atoms with Crippen molar-refractivity contribution < 1.29 is 18.3 Å². The fraction of sp³-hybridized carbons (Fsp3) is 0.500. The summed E-state index contributed by atoms with van der Waals surface area (Å²) in [6.07, 6.45) is 0.834. The van der Waals surface area contributed by atoms with Crippen molar-refractivity contribution in [2.45, 2.75) is 37.7 Å². The number of benzene rings is 1. The Kier molecular flexibility index (Phi) is 6.16. The molecule has 1 rings (SSSR count). The summed E-state index contributed by atoms with van der Waals surface area (Å²) in [6.45, 7) is 3.64. The average molecular weight is 299 g/mol. The molecule has 0 saturated carbocycles. The Morgan fingerprint density at radius 3 is 2.60 bits per heavy atom. The van der Waals surface area contributed by atoms with Gasteiger partial charge in [-0.2, -0.15) is 0 Å². The van der Waals surface area contributed by atoms with Gasteiger partial charge in [-0.05, 0) is 31.9 Å². The topological polar surface area (TPSA) is 83.5 Å². The van der Waals surface area contributed by atoms with Crippen molar-refractivity contribution in [2.75, 3.05) is 12.3 Å². The SMILES string of the molecule is CCS(=O)(=O)c1ccccc1C(=O)NCCCC(C)O. The summed E-state index contributed by atoms with van der Waals surface area (Å²) in [4.78, 5) is 12.1. The number of rotatable bonds is 7. The first kappa shape index (κ1) is 16.7. The number of carbonyl (C=O) groups excluding carboxylic acids is 1. The molecular weight excluding hydrogens is 278 g/mol. The Morgan fingerprint density at radius 2 is 2.00 bits per heavy atom. The molecule has 0 saturated heterocycles. The van der Waals surface area contributed by atoms with E-state index in [-0.39, 0.29) is 16.2 Å². The molecule has 1 amide bonds. The van der Waals surface area contributed by atoms with Crippen LogP contribution < -0.4 is 5.32 Å². The van der Waals surface area contributed by atoms with Gasteiger partial charge < -0.3 is 10.4 Å². The number of nitrogens with one attached hydrogen (secondary N) is 1. The lowest BCUT2D eigenvalue weighted by molar-refractivity contribution is 0.0946. The van der Waals surface area contributed by atoms with Crippen molar-refractivity contribution in [2.24, 2.45) is 0 Å². The lowest BCUT2D eigenvalue weighted by atomic mass is 10.2. The zero-order valence-corrected chi connectivity index (χ0v) is 12.6. The Hall–Kier alpha value is -1.40. The van der Waals surface area contributed by atoms with Gasteiger partial charge >= 0.3 is 0 Å². The largest absolute Gasteiger partial charge is 0.393 e. The van der Waals surface area contributed by atoms with Crippen LogP contribution in [0.5, 0.6) is 0 Å². The van der Waals surface area contributed by atoms with Gasteiger partial charge in [-0.3, -0.25) is 4.79 Å². The summed E-state index contributed by atoms with van der Waals surface area (Å²) in [6, 6.07) is 6.20. The van der Waals surface area contributed by atoms with Crippen LogP contribution in [0.25, 0.3) is 0 Å². The minimum absolute atomic E-state index is 0.0423. The van der Waals surface area contributed by atoms with Gasteiger partial charge in [-0.25, -0.2) is 8.42 Å². The molecule has 1 unspecified atom stereocenters. The number of amides is 1. The minimum Gasteiger partial charge on any atom is -0.393 e. The van der Waals surface area contributed by atoms with Crippen LogP contribution >= 0.6 is 0 Å². The third-order valence-corrected chi connectivity index (χ3v) is 4.72. The number of hydrogen-bond donors (Lipinski definition) is 2. The molecule has 1 atom stereocenters. The summed E-state index contributed by atoms with van der Waals surface area (Å²) in [5.74, 6) is -0.442. The molecule has 1 aromatic carbocycles. The Bertz CT molecular complexity index is 552. The van der Waals surface area contributed by atoms with Crippen molar-refractivity contribution in [3.8, 4) is 0 Å². The molecule has 1 aromatic rings. The maximum Gasteiger partial charge on any atom is 0.252 e. The van der Waals surface area contributed by atoms with Gasteiger partial charge in [-0.15, -0.1) is 0 Å². The smallest absolute Gasteiger partial charge is 0.252 e. The Balaban J connectivity index is 2.79. The van der Waals surface area contributed by atoms with E-state index in [1.54, 1.807) is 26.0 Å². The van der Waals surface area contributed by atoms with E-state index in [1.807, 2.05) is 0 Å². The second kappa shape index (κ2) is 7.40. The van der Waals surface area contributed by atoms with E-state index in [0.29, 0.717) is 19.4 Å². The third kappa shape index (κ3) is 4.61. The normalized spacial score (nSPS) is 12.9. The van der Waals surface area contributed by atoms with Crippen molar-refractivity contribution in [1.82, 2.24) is 5.32 Å². The number of aliphatic hydroxyl groups is 1. The molecule has 0 aliphatic heterocycles. The molecule has 6 heteroatoms. The second-order valence-corrected chi connectivity index (χ2v) is 6.89. The van der Waals surface area contributed by atoms with E-state index in [9.17, 15) is 13.2 Å². The first-order valence-electron chi connectivity index (χ1n) is 6.66. The van der Waals surface area contributed by atoms with Gasteiger partial charge in [0.1, 0.15) is 0 Å². The lowest BCUT2D eigenvalue weighted by Crippen LogP contribution is -2.27. The number of hydrogen-bond acceptors (Lipinski definition) is 4. The summed E-state index contributed by atoms with van der Waals surface area (Å²) in [5, 5.41) is 11.8. The average Bonchev–Trinajstić information content (AvgIpc) is 2.43. The van der Waals surface area contributed by atoms with Crippen LogP contribution in [0.3, 0.4) is 0 Å². The highest BCUT2D eigenvalue weighted by atomic mass is 32.2. The van der Waals surface area contributed by atoms with Crippen LogP contribution in [0.2, 0.25) is 0 Å². The van der Waals surface area contributed by atoms with Crippen molar-refractivity contribution in [1.29, 1.82) is 0 Å². The van der Waals surface area contributed by atoms with E-state index in [4.69, 9.17) is 5.11 Å². The van der Waals surface area contributed by atoms with Gasteiger partial charge in [0.05, 0.1) is 22.3 Å². The van der Waals surface area contributed by atoms with Crippen molar-refractivity contribution in [3.63, 3.8) is 0 Å². The Labute approximate surface area is 119 Å². The van der Waals surface area contributed by atoms with Crippen LogP contribution in [0, 0.1) is 0 Å². The molecular formula is C14H21NO4S. The molecule has 0 spiro atoms. The summed E-state index contributed by atoms with van der Waals surface area (Å²) in [7, 11) is -3.42. The first-order valence-corrected chi connectivity index (χ1v) is 8.31. The van der Waals surface area contributed by atoms with Crippen molar-refractivity contribution >= 4 is 15.7 Å². The molecule has 5 nitrogen and oxygen atoms in total. The maximum absolute atomic E-state index is 12.0. The van der Waals surface area contributed by atoms with Crippen LogP contribution in [-0.2, 0) is 9.84 Å². The predicted molar refractivity (Wildman–Crippen MR) is 77.4 cm³/mol. The highest BCUT2D eigenvalue weighted by Crippen LogP contribution is 2.16. The fourth-order valence-electron chi connectivity index (χ4n) is 1.78. The van der Waals surface area contributed by atoms with Gasteiger partial charge in [-0.1, -0.05) is 19.1 Å². The number of carbonyl (C=O) groups is 1. The molecule has 0 radical (unpaired) electrons. The quantitative estimate of drug-likeness (QED) is 0.745. The molecule has 0 aromatic heterocycles. The van der Waals surface area contributed by atoms with Gasteiger partial charge in [0.15, 0.2) is 9.84 Å². The van der Waals surface area contributed by atoms with Crippen LogP contribution in [0.15, 0.2) is 29.2 Å². The first-order chi connectivity index (χ1) is 9.38. The zero-order chi connectivity index (χ0) is 15.2. The molecule has 0 heterocycles. The number of aliphatic hydroxyl groups excluding tert-OH is 1. The van der Waals surface area contributed by atoms with E-state index < -0.39 is 21.8 Å². The van der Waals surface area contributed by atoms with Crippen LogP contribution in [0.1, 0.15) is 37.0 Å². The highest BCUT2D eigenvalue weighted by molar-refractivity contribution is 7.91. The minimum atomic E-state index is -3.42. The highest BCUT2D eigenvalue weighted by Gasteiger charge is 2.20. The van der Waals surface area contributed by atoms with Crippen molar-refractivity contribution in [3.05, 3.63) is 29.8 Å². The molecule has 112 valence electrons. The monoisotopic (exact) mass is 299 g/mol. The fourth-order valence-corrected chi connectivity index (χ4v) is 2.87. The van der Waals surface area contributed by atoms with E-state index in [0.717, 1.165) is 0 Å². The third-order valence-electron chi connectivity index (χ3n) is 2.93. The van der Waals surface area contributed by atoms with Crippen LogP contribution in [0.4, 0.5) is 0 Å². The lowest BCUT2D eigenvalue weighted by Gasteiger charge is -2.10. The molecule has 2 N–H and O–H groups in total. The zero-order valence-electron chi connectivity index (χ0n) is 11.8. The standard InChI is InChI=1S/C14H21NO4S/c1-3-20(18,19)13-9-5-4-8-12(13)14(17)15-10-6-7-11(2)16/h4-5,8-9,11,16H,3,6-7,10H2,1-2H3,(H,15,17). The van der Waals surface area contributed by atoms with Crippen LogP contribution in [-0.4, -0.2) is 37.8 Å². The molecule has 0 bridgehead atoms. The summed E-state index contributed by atoms with van der Waals surface area (Å²) >= 11 is 0. The van der Waals surface area contributed by atoms with Gasteiger partial charge in [0.25, 0.3) is 5.91 Å². The molecule has 0 fully saturated rings. The molecule has 0 aliphatic carbocycles. The molecule has 0 aliphatic rings. The summed E-state index contributed by atoms with van der Waals surface area (Å²) < 4.78 is 23.9. The van der Waals surface area contributed by atoms with E-state index in [1.165, 1.54) is 12.1 Å². The Morgan fingerprint density at radius 1 is 1.35 bits per heavy atom. The maximum atomic E-state index is 12.0. The predicted octanol–water partition coefficient (Wildman–Crippen LogP) is 1.37. The van der Waals surface area contributed by atoms with E-state index in [2.05, 4.69) is 5.32 Å². The van der Waals surface area contributed by atoms with Gasteiger partial charge in [0.2, 0.25) is 0 Å². The number of sulfone groups is 1. The second-order valence-electron chi connectivity index (χ2n) is 4.65. The summed E-state index contributed by atoms with van der Waals surface area (Å²) in [5.41, 5.74) is 0.173. The van der Waals surface area contributed by atoms with Gasteiger partial charge in [0, 0.05) is 6.54 Å². The molecule has 20 heavy (non-hydrogen) atoms. The van der Waals surface area contributed by atoms with E-state index >= 15 is 0 Å².